The summed E-state index contributed by atoms with van der Waals surface area (Å²) in [5, 5.41) is 4.63. The Balaban J connectivity index is 1.47. The van der Waals surface area contributed by atoms with Crippen LogP contribution in [-0.4, -0.2) is 28.0 Å². The molecule has 0 atom stereocenters. The first-order chi connectivity index (χ1) is 15.8. The zero-order valence-corrected chi connectivity index (χ0v) is 17.2. The molecule has 0 unspecified atom stereocenters. The van der Waals surface area contributed by atoms with Crippen molar-refractivity contribution in [1.29, 1.82) is 0 Å². The first-order valence-corrected chi connectivity index (χ1v) is 10.1. The van der Waals surface area contributed by atoms with Crippen molar-refractivity contribution >= 4 is 0 Å². The van der Waals surface area contributed by atoms with E-state index in [1.54, 1.807) is 10.7 Å². The molecule has 0 spiro atoms. The van der Waals surface area contributed by atoms with Crippen molar-refractivity contribution in [3.63, 3.8) is 0 Å². The second-order valence-corrected chi connectivity index (χ2v) is 7.86. The molecule has 0 saturated carbocycles. The summed E-state index contributed by atoms with van der Waals surface area (Å²) in [7, 11) is 0. The number of halogens is 3. The molecule has 2 N–H and O–H groups in total. The molecule has 5 rings (SSSR count). The van der Waals surface area contributed by atoms with Gasteiger partial charge in [0, 0.05) is 11.6 Å². The molecule has 0 radical (unpaired) electrons. The van der Waals surface area contributed by atoms with E-state index in [-0.39, 0.29) is 12.3 Å². The van der Waals surface area contributed by atoms with Crippen LogP contribution in [0.25, 0.3) is 11.3 Å². The van der Waals surface area contributed by atoms with Gasteiger partial charge < -0.3 is 19.6 Å². The highest BCUT2D eigenvalue weighted by atomic mass is 19.4. The van der Waals surface area contributed by atoms with Gasteiger partial charge in [-0.1, -0.05) is 18.2 Å². The first-order valence-electron chi connectivity index (χ1n) is 10.1. The fourth-order valence-electron chi connectivity index (χ4n) is 3.51. The first kappa shape index (κ1) is 21.2. The maximum absolute atomic E-state index is 12.9. The molecular weight excluding hydrogens is 437 g/mol. The minimum Gasteiger partial charge on any atom is -0.451 e. The minimum absolute atomic E-state index is 0.247. The normalized spacial score (nSPS) is 15.3. The molecule has 170 valence electrons. The molecule has 3 heterocycles. The highest BCUT2D eigenvalue weighted by Crippen LogP contribution is 2.34. The minimum atomic E-state index is -4.42. The second kappa shape index (κ2) is 8.05. The third kappa shape index (κ3) is 4.35. The molecule has 4 aromatic rings. The van der Waals surface area contributed by atoms with Crippen LogP contribution in [0.15, 0.2) is 71.7 Å². The SMILES string of the molecule is NC1(c2cccc(-c3cc(Oc4ccc(C(F)(F)F)cc4)n(Cc4cocn4)n3)c2)COC1. The van der Waals surface area contributed by atoms with Crippen molar-refractivity contribution in [1.82, 2.24) is 14.8 Å². The molecule has 10 heteroatoms. The predicted molar refractivity (Wildman–Crippen MR) is 111 cm³/mol. The van der Waals surface area contributed by atoms with E-state index in [0.717, 1.165) is 23.3 Å². The van der Waals surface area contributed by atoms with Crippen molar-refractivity contribution in [2.75, 3.05) is 13.2 Å². The van der Waals surface area contributed by atoms with Crippen LogP contribution in [-0.2, 0) is 23.0 Å². The van der Waals surface area contributed by atoms with Gasteiger partial charge in [0.2, 0.25) is 5.88 Å². The van der Waals surface area contributed by atoms with Gasteiger partial charge in [0.1, 0.15) is 17.7 Å². The number of oxazole rings is 1. The van der Waals surface area contributed by atoms with Gasteiger partial charge in [0.05, 0.1) is 36.6 Å². The number of hydrogen-bond acceptors (Lipinski definition) is 6. The molecule has 0 bridgehead atoms. The van der Waals surface area contributed by atoms with Crippen LogP contribution in [0.2, 0.25) is 0 Å². The van der Waals surface area contributed by atoms with Crippen LogP contribution in [0.5, 0.6) is 11.6 Å². The lowest BCUT2D eigenvalue weighted by Gasteiger charge is -2.38. The second-order valence-electron chi connectivity index (χ2n) is 7.86. The lowest BCUT2D eigenvalue weighted by atomic mass is 9.88. The number of ether oxygens (including phenoxy) is 2. The number of aromatic nitrogens is 3. The molecular formula is C23H19F3N4O3. The van der Waals surface area contributed by atoms with E-state index in [1.807, 2.05) is 24.3 Å². The Bertz CT molecular complexity index is 1250. The fourth-order valence-corrected chi connectivity index (χ4v) is 3.51. The van der Waals surface area contributed by atoms with E-state index >= 15 is 0 Å². The van der Waals surface area contributed by atoms with Crippen LogP contribution in [0.1, 0.15) is 16.8 Å². The maximum atomic E-state index is 12.9. The lowest BCUT2D eigenvalue weighted by molar-refractivity contribution is -0.137. The largest absolute Gasteiger partial charge is 0.451 e. The smallest absolute Gasteiger partial charge is 0.416 e. The van der Waals surface area contributed by atoms with Crippen molar-refractivity contribution < 1.29 is 27.1 Å². The monoisotopic (exact) mass is 456 g/mol. The molecule has 1 aliphatic rings. The van der Waals surface area contributed by atoms with Gasteiger partial charge in [-0.15, -0.1) is 0 Å². The maximum Gasteiger partial charge on any atom is 0.416 e. The van der Waals surface area contributed by atoms with Gasteiger partial charge in [-0.2, -0.15) is 18.3 Å². The molecule has 1 saturated heterocycles. The number of alkyl halides is 3. The summed E-state index contributed by atoms with van der Waals surface area (Å²) in [6, 6.07) is 13.9. The molecule has 7 nitrogen and oxygen atoms in total. The zero-order valence-electron chi connectivity index (χ0n) is 17.2. The quantitative estimate of drug-likeness (QED) is 0.457. The van der Waals surface area contributed by atoms with E-state index in [1.165, 1.54) is 24.8 Å². The van der Waals surface area contributed by atoms with Crippen LogP contribution in [0.4, 0.5) is 13.2 Å². The van der Waals surface area contributed by atoms with E-state index in [9.17, 15) is 13.2 Å². The van der Waals surface area contributed by atoms with Crippen LogP contribution < -0.4 is 10.5 Å². The van der Waals surface area contributed by atoms with Crippen LogP contribution in [0.3, 0.4) is 0 Å². The van der Waals surface area contributed by atoms with Gasteiger partial charge in [-0.3, -0.25) is 0 Å². The molecule has 2 aromatic heterocycles. The summed E-state index contributed by atoms with van der Waals surface area (Å²) in [5.74, 6) is 0.588. The van der Waals surface area contributed by atoms with Gasteiger partial charge in [0.25, 0.3) is 0 Å². The number of hydrogen-bond donors (Lipinski definition) is 1. The van der Waals surface area contributed by atoms with Gasteiger partial charge >= 0.3 is 6.18 Å². The number of nitrogens with two attached hydrogens (primary N) is 1. The Kier molecular flexibility index (Phi) is 5.18. The highest BCUT2D eigenvalue weighted by Gasteiger charge is 2.36. The van der Waals surface area contributed by atoms with E-state index in [0.29, 0.717) is 30.5 Å². The Morgan fingerprint density at radius 3 is 2.52 bits per heavy atom. The van der Waals surface area contributed by atoms with Gasteiger partial charge in [-0.05, 0) is 35.9 Å². The molecule has 0 aliphatic carbocycles. The van der Waals surface area contributed by atoms with Gasteiger partial charge in [0.15, 0.2) is 6.39 Å². The van der Waals surface area contributed by atoms with E-state index < -0.39 is 17.3 Å². The van der Waals surface area contributed by atoms with E-state index in [4.69, 9.17) is 19.6 Å². The Morgan fingerprint density at radius 1 is 1.09 bits per heavy atom. The highest BCUT2D eigenvalue weighted by molar-refractivity contribution is 5.62. The molecule has 2 aromatic carbocycles. The number of rotatable bonds is 6. The molecule has 33 heavy (non-hydrogen) atoms. The topological polar surface area (TPSA) is 88.3 Å². The summed E-state index contributed by atoms with van der Waals surface area (Å²) < 4.78 is 56.4. The zero-order chi connectivity index (χ0) is 23.1. The Morgan fingerprint density at radius 2 is 1.88 bits per heavy atom. The third-order valence-electron chi connectivity index (χ3n) is 5.39. The Labute approximate surface area is 186 Å². The summed E-state index contributed by atoms with van der Waals surface area (Å²) in [6.45, 7) is 1.14. The number of nitrogens with zero attached hydrogens (tertiary/aromatic N) is 3. The lowest BCUT2D eigenvalue weighted by Crippen LogP contribution is -2.54. The third-order valence-corrected chi connectivity index (χ3v) is 5.39. The summed E-state index contributed by atoms with van der Waals surface area (Å²) in [4.78, 5) is 4.11. The van der Waals surface area contributed by atoms with Crippen LogP contribution >= 0.6 is 0 Å². The standard InChI is InChI=1S/C23H19F3N4O3/c24-23(25,26)16-4-6-19(7-5-16)33-21-9-20(29-30(21)10-18-11-31-14-28-18)15-2-1-3-17(8-15)22(27)12-32-13-22/h1-9,11,14H,10,12-13,27H2. The Hall–Kier alpha value is -3.63. The van der Waals surface area contributed by atoms with Crippen molar-refractivity contribution in [2.45, 2.75) is 18.3 Å². The predicted octanol–water partition coefficient (Wildman–Crippen LogP) is 4.58. The van der Waals surface area contributed by atoms with Crippen molar-refractivity contribution in [2.24, 2.45) is 5.73 Å². The molecule has 1 fully saturated rings. The number of benzene rings is 2. The summed E-state index contributed by atoms with van der Waals surface area (Å²) >= 11 is 0. The summed E-state index contributed by atoms with van der Waals surface area (Å²) in [6.07, 6.45) is -1.63. The fraction of sp³-hybridized carbons (Fsp3) is 0.217. The average Bonchev–Trinajstić information content (AvgIpc) is 3.43. The summed E-state index contributed by atoms with van der Waals surface area (Å²) in [5.41, 5.74) is 8.07. The van der Waals surface area contributed by atoms with Gasteiger partial charge in [-0.25, -0.2) is 9.67 Å². The van der Waals surface area contributed by atoms with Crippen molar-refractivity contribution in [3.05, 3.63) is 84.1 Å². The van der Waals surface area contributed by atoms with E-state index in [2.05, 4.69) is 10.1 Å². The average molecular weight is 456 g/mol. The molecule has 1 aliphatic heterocycles. The van der Waals surface area contributed by atoms with Crippen LogP contribution in [0, 0.1) is 0 Å². The van der Waals surface area contributed by atoms with Crippen molar-refractivity contribution in [3.8, 4) is 22.9 Å². The molecule has 0 amide bonds.